The third-order valence-corrected chi connectivity index (χ3v) is 4.45. The molecule has 0 spiro atoms. The van der Waals surface area contributed by atoms with Gasteiger partial charge in [-0.1, -0.05) is 18.2 Å². The van der Waals surface area contributed by atoms with Crippen LogP contribution < -0.4 is 4.74 Å². The molecule has 6 nitrogen and oxygen atoms in total. The van der Waals surface area contributed by atoms with Crippen molar-refractivity contribution in [1.29, 1.82) is 0 Å². The number of rotatable bonds is 4. The normalized spacial score (nSPS) is 20.1. The van der Waals surface area contributed by atoms with Gasteiger partial charge in [-0.25, -0.2) is 4.98 Å². The SMILES string of the molecule is CC1(C(=O)O)CCCN(C(=O)c2ccc(Oc3ccccc3)nc2)C1. The van der Waals surface area contributed by atoms with Crippen LogP contribution in [-0.4, -0.2) is 40.0 Å². The number of carboxylic acids is 1. The van der Waals surface area contributed by atoms with E-state index in [9.17, 15) is 14.7 Å². The van der Waals surface area contributed by atoms with Crippen molar-refractivity contribution in [1.82, 2.24) is 9.88 Å². The molecule has 1 aliphatic heterocycles. The number of ether oxygens (including phenoxy) is 1. The molecule has 0 radical (unpaired) electrons. The van der Waals surface area contributed by atoms with Crippen LogP contribution in [0.25, 0.3) is 0 Å². The molecule has 1 N–H and O–H groups in total. The molecule has 1 aromatic carbocycles. The fraction of sp³-hybridized carbons (Fsp3) is 0.316. The number of carbonyl (C=O) groups is 2. The summed E-state index contributed by atoms with van der Waals surface area (Å²) in [6.45, 7) is 2.46. The Morgan fingerprint density at radius 2 is 1.96 bits per heavy atom. The minimum atomic E-state index is -0.891. The minimum Gasteiger partial charge on any atom is -0.481 e. The lowest BCUT2D eigenvalue weighted by atomic mass is 9.82. The number of hydrogen-bond donors (Lipinski definition) is 1. The topological polar surface area (TPSA) is 79.7 Å². The first-order valence-electron chi connectivity index (χ1n) is 8.20. The van der Waals surface area contributed by atoms with Crippen LogP contribution in [0.3, 0.4) is 0 Å². The van der Waals surface area contributed by atoms with Gasteiger partial charge >= 0.3 is 5.97 Å². The molecule has 2 aromatic rings. The van der Waals surface area contributed by atoms with Crippen molar-refractivity contribution in [3.05, 3.63) is 54.2 Å². The smallest absolute Gasteiger partial charge is 0.311 e. The van der Waals surface area contributed by atoms with E-state index in [1.165, 1.54) is 6.20 Å². The Kier molecular flexibility index (Phi) is 4.70. The molecule has 0 aliphatic carbocycles. The number of carboxylic acid groups (broad SMARTS) is 1. The summed E-state index contributed by atoms with van der Waals surface area (Å²) in [6, 6.07) is 12.6. The Morgan fingerprint density at radius 1 is 1.20 bits per heavy atom. The van der Waals surface area contributed by atoms with Gasteiger partial charge in [-0.15, -0.1) is 0 Å². The maximum atomic E-state index is 12.6. The van der Waals surface area contributed by atoms with Gasteiger partial charge in [-0.3, -0.25) is 9.59 Å². The number of amides is 1. The van der Waals surface area contributed by atoms with Gasteiger partial charge < -0.3 is 14.7 Å². The lowest BCUT2D eigenvalue weighted by Gasteiger charge is -2.37. The van der Waals surface area contributed by atoms with E-state index in [-0.39, 0.29) is 12.5 Å². The fourth-order valence-corrected chi connectivity index (χ4v) is 2.95. The van der Waals surface area contributed by atoms with Gasteiger partial charge in [0.05, 0.1) is 11.0 Å². The van der Waals surface area contributed by atoms with Crippen LogP contribution in [0.5, 0.6) is 11.6 Å². The first-order valence-corrected chi connectivity index (χ1v) is 8.20. The van der Waals surface area contributed by atoms with E-state index >= 15 is 0 Å². The van der Waals surface area contributed by atoms with Crippen LogP contribution in [0.15, 0.2) is 48.7 Å². The molecule has 1 amide bonds. The number of nitrogens with zero attached hydrogens (tertiary/aromatic N) is 2. The molecule has 1 aliphatic rings. The number of aliphatic carboxylic acids is 1. The number of para-hydroxylation sites is 1. The summed E-state index contributed by atoms with van der Waals surface area (Å²) in [5.41, 5.74) is -0.465. The van der Waals surface area contributed by atoms with Crippen molar-refractivity contribution in [2.24, 2.45) is 5.41 Å². The average Bonchev–Trinajstić information content (AvgIpc) is 2.62. The molecular formula is C19H20N2O4. The molecule has 25 heavy (non-hydrogen) atoms. The van der Waals surface area contributed by atoms with Gasteiger partial charge in [0.25, 0.3) is 5.91 Å². The average molecular weight is 340 g/mol. The highest BCUT2D eigenvalue weighted by molar-refractivity contribution is 5.94. The van der Waals surface area contributed by atoms with Crippen LogP contribution in [-0.2, 0) is 4.79 Å². The molecular weight excluding hydrogens is 320 g/mol. The van der Waals surface area contributed by atoms with Crippen molar-refractivity contribution in [2.75, 3.05) is 13.1 Å². The summed E-state index contributed by atoms with van der Waals surface area (Å²) in [6.07, 6.45) is 2.72. The molecule has 1 saturated heterocycles. The summed E-state index contributed by atoms with van der Waals surface area (Å²) in [7, 11) is 0. The van der Waals surface area contributed by atoms with Gasteiger partial charge in [0, 0.05) is 25.4 Å². The summed E-state index contributed by atoms with van der Waals surface area (Å²) >= 11 is 0. The van der Waals surface area contributed by atoms with E-state index in [0.29, 0.717) is 36.6 Å². The van der Waals surface area contributed by atoms with Gasteiger partial charge in [0.2, 0.25) is 5.88 Å². The molecule has 1 aromatic heterocycles. The van der Waals surface area contributed by atoms with E-state index < -0.39 is 11.4 Å². The highest BCUT2D eigenvalue weighted by Crippen LogP contribution is 2.30. The number of likely N-dealkylation sites (tertiary alicyclic amines) is 1. The first kappa shape index (κ1) is 17.0. The number of carbonyl (C=O) groups excluding carboxylic acids is 1. The van der Waals surface area contributed by atoms with Crippen molar-refractivity contribution in [3.8, 4) is 11.6 Å². The minimum absolute atomic E-state index is 0.203. The van der Waals surface area contributed by atoms with Crippen LogP contribution >= 0.6 is 0 Å². The predicted octanol–water partition coefficient (Wildman–Crippen LogP) is 3.20. The zero-order valence-electron chi connectivity index (χ0n) is 14.0. The second-order valence-electron chi connectivity index (χ2n) is 6.50. The van der Waals surface area contributed by atoms with Gasteiger partial charge in [0.1, 0.15) is 5.75 Å². The largest absolute Gasteiger partial charge is 0.481 e. The van der Waals surface area contributed by atoms with Gasteiger partial charge in [-0.2, -0.15) is 0 Å². The Labute approximate surface area is 146 Å². The van der Waals surface area contributed by atoms with Crippen molar-refractivity contribution in [3.63, 3.8) is 0 Å². The van der Waals surface area contributed by atoms with E-state index in [2.05, 4.69) is 4.98 Å². The maximum Gasteiger partial charge on any atom is 0.311 e. The molecule has 3 rings (SSSR count). The number of benzene rings is 1. The van der Waals surface area contributed by atoms with E-state index in [4.69, 9.17) is 4.74 Å². The molecule has 0 saturated carbocycles. The number of aromatic nitrogens is 1. The van der Waals surface area contributed by atoms with Crippen molar-refractivity contribution >= 4 is 11.9 Å². The number of piperidine rings is 1. The monoisotopic (exact) mass is 340 g/mol. The van der Waals surface area contributed by atoms with E-state index in [1.807, 2.05) is 30.3 Å². The van der Waals surface area contributed by atoms with Crippen molar-refractivity contribution in [2.45, 2.75) is 19.8 Å². The summed E-state index contributed by atoms with van der Waals surface area (Å²) in [5.74, 6) is -0.000213. The Morgan fingerprint density at radius 3 is 2.60 bits per heavy atom. The van der Waals surface area contributed by atoms with Gasteiger partial charge in [0.15, 0.2) is 0 Å². The molecule has 1 unspecified atom stereocenters. The third-order valence-electron chi connectivity index (χ3n) is 4.45. The standard InChI is InChI=1S/C19H20N2O4/c1-19(18(23)24)10-5-11-21(13-19)17(22)14-8-9-16(20-12-14)25-15-6-3-2-4-7-15/h2-4,6-9,12H,5,10-11,13H2,1H3,(H,23,24). The zero-order valence-corrected chi connectivity index (χ0v) is 14.0. The van der Waals surface area contributed by atoms with Gasteiger partial charge in [-0.05, 0) is 38.0 Å². The Balaban J connectivity index is 1.69. The second-order valence-corrected chi connectivity index (χ2v) is 6.50. The third kappa shape index (κ3) is 3.79. The molecule has 1 fully saturated rings. The lowest BCUT2D eigenvalue weighted by molar-refractivity contribution is -0.150. The molecule has 6 heteroatoms. The van der Waals surface area contributed by atoms with Crippen LogP contribution in [0.4, 0.5) is 0 Å². The molecule has 1 atom stereocenters. The van der Waals surface area contributed by atoms with E-state index in [1.54, 1.807) is 24.0 Å². The molecule has 0 bridgehead atoms. The number of hydrogen-bond acceptors (Lipinski definition) is 4. The summed E-state index contributed by atoms with van der Waals surface area (Å²) in [5, 5.41) is 9.38. The fourth-order valence-electron chi connectivity index (χ4n) is 2.95. The van der Waals surface area contributed by atoms with Crippen LogP contribution in [0.1, 0.15) is 30.1 Å². The van der Waals surface area contributed by atoms with Crippen molar-refractivity contribution < 1.29 is 19.4 Å². The Hall–Kier alpha value is -2.89. The second kappa shape index (κ2) is 6.93. The molecule has 2 heterocycles. The van der Waals surface area contributed by atoms with Crippen LogP contribution in [0, 0.1) is 5.41 Å². The van der Waals surface area contributed by atoms with Crippen LogP contribution in [0.2, 0.25) is 0 Å². The highest BCUT2D eigenvalue weighted by atomic mass is 16.5. The van der Waals surface area contributed by atoms with E-state index in [0.717, 1.165) is 0 Å². The molecule has 130 valence electrons. The zero-order chi connectivity index (χ0) is 17.9. The quantitative estimate of drug-likeness (QED) is 0.924. The predicted molar refractivity (Wildman–Crippen MR) is 91.6 cm³/mol. The summed E-state index contributed by atoms with van der Waals surface area (Å²) < 4.78 is 5.61. The maximum absolute atomic E-state index is 12.6. The number of pyridine rings is 1. The Bertz CT molecular complexity index is 761. The first-order chi connectivity index (χ1) is 12.0. The summed E-state index contributed by atoms with van der Waals surface area (Å²) in [4.78, 5) is 29.8. The lowest BCUT2D eigenvalue weighted by Crippen LogP contribution is -2.48. The highest BCUT2D eigenvalue weighted by Gasteiger charge is 2.39.